The van der Waals surface area contributed by atoms with Crippen LogP contribution in [0, 0.1) is 6.33 Å². The van der Waals surface area contributed by atoms with Crippen molar-refractivity contribution in [2.75, 3.05) is 0 Å². The van der Waals surface area contributed by atoms with Crippen molar-refractivity contribution < 1.29 is 9.30 Å². The summed E-state index contributed by atoms with van der Waals surface area (Å²) < 4.78 is 13.8. The van der Waals surface area contributed by atoms with Crippen LogP contribution in [0.3, 0.4) is 0 Å². The van der Waals surface area contributed by atoms with Crippen LogP contribution in [0.1, 0.15) is 211 Å². The van der Waals surface area contributed by atoms with Crippen molar-refractivity contribution in [2.24, 2.45) is 0 Å². The van der Waals surface area contributed by atoms with E-state index in [2.05, 4.69) is 411 Å². The summed E-state index contributed by atoms with van der Waals surface area (Å²) >= 11 is 0. The van der Waals surface area contributed by atoms with E-state index in [1.165, 1.54) is 66.8 Å². The fourth-order valence-electron chi connectivity index (χ4n) is 15.1. The summed E-state index contributed by atoms with van der Waals surface area (Å²) in [6, 6.07) is 89.6. The second kappa shape index (κ2) is 27.3. The zero-order valence-electron chi connectivity index (χ0n) is 69.3. The number of hydrogen-bond acceptors (Lipinski definition) is 2. The van der Waals surface area contributed by atoms with Crippen LogP contribution in [0.25, 0.3) is 117 Å². The minimum Gasteiger partial charge on any atom is -0.458 e. The Labute approximate surface area is 650 Å². The van der Waals surface area contributed by atoms with Gasteiger partial charge in [-0.2, -0.15) is 0 Å². The Morgan fingerprint density at radius 3 is 1.04 bits per heavy atom. The first-order valence-electron chi connectivity index (χ1n) is 39.3. The predicted octanol–water partition coefficient (Wildman–Crippen LogP) is 28.4. The minimum absolute atomic E-state index is 0.109. The van der Waals surface area contributed by atoms with Crippen LogP contribution in [0.4, 0.5) is 0 Å². The van der Waals surface area contributed by atoms with Gasteiger partial charge in [-0.15, -0.1) is 0 Å². The Morgan fingerprint density at radius 2 is 0.633 bits per heavy atom. The van der Waals surface area contributed by atoms with Gasteiger partial charge in [0.1, 0.15) is 17.3 Å². The summed E-state index contributed by atoms with van der Waals surface area (Å²) in [5.41, 5.74) is 29.5. The molecule has 0 radical (unpaired) electrons. The zero-order valence-corrected chi connectivity index (χ0v) is 69.3. The molecule has 5 nitrogen and oxygen atoms in total. The van der Waals surface area contributed by atoms with Crippen molar-refractivity contribution in [1.29, 1.82) is 0 Å². The maximum absolute atomic E-state index is 7.02. The third-order valence-corrected chi connectivity index (χ3v) is 22.1. The molecule has 0 aliphatic carbocycles. The number of rotatable bonds is 11. The molecule has 0 bridgehead atoms. The van der Waals surface area contributed by atoms with Gasteiger partial charge < -0.3 is 4.74 Å². The second-order valence-corrected chi connectivity index (χ2v) is 39.1. The number of ether oxygens (including phenoxy) is 1. The molecule has 3 aromatic heterocycles. The minimum atomic E-state index is -0.109. The van der Waals surface area contributed by atoms with Crippen LogP contribution in [-0.4, -0.2) is 14.1 Å². The van der Waals surface area contributed by atoms with Gasteiger partial charge in [0.15, 0.2) is 0 Å². The molecule has 14 aromatic rings. The summed E-state index contributed by atoms with van der Waals surface area (Å²) in [5, 5.41) is 2.29. The Hall–Kier alpha value is -10.4. The molecule has 0 fully saturated rings. The van der Waals surface area contributed by atoms with Crippen molar-refractivity contribution in [2.45, 2.75) is 209 Å². The number of nitrogens with zero attached hydrogens (tertiary/aromatic N) is 4. The largest absolute Gasteiger partial charge is 0.458 e. The van der Waals surface area contributed by atoms with E-state index in [1.54, 1.807) is 0 Å². The molecule has 0 spiro atoms. The van der Waals surface area contributed by atoms with Gasteiger partial charge in [0.2, 0.25) is 0 Å². The summed E-state index contributed by atoms with van der Waals surface area (Å²) in [4.78, 5) is 4.83. The lowest BCUT2D eigenvalue weighted by molar-refractivity contribution is -0.571. The molecule has 0 amide bonds. The van der Waals surface area contributed by atoms with E-state index in [1.807, 2.05) is 18.3 Å². The molecule has 11 aromatic carbocycles. The smallest absolute Gasteiger partial charge is 0.269 e. The van der Waals surface area contributed by atoms with Crippen molar-refractivity contribution in [1.82, 2.24) is 14.1 Å². The van der Waals surface area contributed by atoms with Gasteiger partial charge in [-0.3, -0.25) is 13.7 Å². The fourth-order valence-corrected chi connectivity index (χ4v) is 15.1. The average molecular weight is 1430 g/mol. The van der Waals surface area contributed by atoms with Gasteiger partial charge in [0, 0.05) is 23.0 Å². The van der Waals surface area contributed by atoms with Crippen LogP contribution in [-0.2, 0) is 43.3 Å². The Balaban J connectivity index is 1.07. The first-order chi connectivity index (χ1) is 51.0. The SMILES string of the molecule is CC(C)(C)c1cc(-c2cc(-c3cc(C(C)(C)C)cc(C(C)(C)C)c3)cc(-c3cccc(-c4cc(-c5cc(C(C)(C)C)cc(C(C)(C)C)c5)cc(-c5cc(C(C)(C)C)cc(C(C)(C)C)c5)c4)c3-[n+]3[c-]n(-c4cccc(Oc5ccc6c7ccccc7n(-c7ccccn7)c6c5)c4)c4ccccc43)c2)cc(C(C)(C)C)c1. The van der Waals surface area contributed by atoms with Gasteiger partial charge in [0.05, 0.1) is 33.4 Å². The molecule has 0 atom stereocenters. The molecule has 109 heavy (non-hydrogen) atoms. The summed E-state index contributed by atoms with van der Waals surface area (Å²) in [5.74, 6) is 2.28. The first-order valence-corrected chi connectivity index (χ1v) is 39.3. The number of imidazole rings is 1. The van der Waals surface area contributed by atoms with E-state index >= 15 is 0 Å². The van der Waals surface area contributed by atoms with Crippen LogP contribution in [0.15, 0.2) is 243 Å². The second-order valence-electron chi connectivity index (χ2n) is 39.1. The van der Waals surface area contributed by atoms with E-state index in [0.717, 1.165) is 100 Å². The quantitative estimate of drug-likeness (QED) is 0.0956. The molecular weight excluding hydrogens is 1320 g/mol. The van der Waals surface area contributed by atoms with Crippen LogP contribution in [0.2, 0.25) is 0 Å². The van der Waals surface area contributed by atoms with Crippen LogP contribution in [0.5, 0.6) is 11.5 Å². The Morgan fingerprint density at radius 1 is 0.284 bits per heavy atom. The Bertz CT molecular complexity index is 5300. The number of benzene rings is 11. The van der Waals surface area contributed by atoms with E-state index in [0.29, 0.717) is 5.75 Å². The fraction of sp³-hybridized carbons (Fsp3) is 0.308. The van der Waals surface area contributed by atoms with Gasteiger partial charge in [0.25, 0.3) is 6.33 Å². The van der Waals surface area contributed by atoms with E-state index in [4.69, 9.17) is 9.72 Å². The first kappa shape index (κ1) is 75.5. The lowest BCUT2D eigenvalue weighted by atomic mass is 9.77. The van der Waals surface area contributed by atoms with Crippen LogP contribution < -0.4 is 9.30 Å². The highest BCUT2D eigenvalue weighted by Gasteiger charge is 2.30. The summed E-state index contributed by atoms with van der Waals surface area (Å²) in [6.45, 7) is 56.3. The number of pyridine rings is 1. The predicted molar refractivity (Wildman–Crippen MR) is 465 cm³/mol. The molecule has 554 valence electrons. The maximum atomic E-state index is 7.02. The van der Waals surface area contributed by atoms with E-state index < -0.39 is 0 Å². The average Bonchev–Trinajstić information content (AvgIpc) is 1.69. The monoisotopic (exact) mass is 1430 g/mol. The molecule has 3 heterocycles. The van der Waals surface area contributed by atoms with Crippen molar-refractivity contribution in [3.63, 3.8) is 0 Å². The van der Waals surface area contributed by atoms with Gasteiger partial charge >= 0.3 is 0 Å². The lowest BCUT2D eigenvalue weighted by Crippen LogP contribution is -2.31. The molecule has 14 rings (SSSR count). The summed E-state index contributed by atoms with van der Waals surface area (Å²) in [7, 11) is 0. The van der Waals surface area contributed by atoms with Crippen molar-refractivity contribution in [3.8, 4) is 95.5 Å². The highest BCUT2D eigenvalue weighted by Crippen LogP contribution is 2.47. The number of aromatic nitrogens is 4. The maximum Gasteiger partial charge on any atom is 0.269 e. The topological polar surface area (TPSA) is 35.9 Å². The van der Waals surface area contributed by atoms with E-state index in [9.17, 15) is 0 Å². The summed E-state index contributed by atoms with van der Waals surface area (Å²) in [6.07, 6.45) is 6.00. The highest BCUT2D eigenvalue weighted by molar-refractivity contribution is 6.09. The van der Waals surface area contributed by atoms with Crippen molar-refractivity contribution >= 4 is 32.8 Å². The highest BCUT2D eigenvalue weighted by atomic mass is 16.5. The number of hydrogen-bond donors (Lipinski definition) is 0. The Kier molecular flexibility index (Phi) is 18.9. The lowest BCUT2D eigenvalue weighted by Gasteiger charge is -2.27. The molecular formula is C104H112N4O. The third kappa shape index (κ3) is 15.4. The standard InChI is InChI=1S/C104H112N4O/c1-97(2,3)76-51-70(52-77(59-76)98(4,5)6)66-45-67(71-53-78(99(7,8)9)60-79(54-71)100(10,11)12)48-74(47-66)87-36-32-37-88(75-49-68(72-55-80(101(13,14)15)61-81(56-72)102(16,17)18)46-69(50-75)73-57-82(103(19,20)21)62-83(58-73)104(22,23)24)96(87)107-65-106(92-39-27-28-40-93(92)107)84-33-31-34-85(63-84)109-86-42-43-90-89-35-25-26-38-91(89)108(94(90)64-86)95-41-29-30-44-105-95/h25-64H,1-24H3. The number of para-hydroxylation sites is 4. The normalized spacial score (nSPS) is 13.0. The molecule has 0 saturated carbocycles. The van der Waals surface area contributed by atoms with Gasteiger partial charge in [-0.1, -0.05) is 312 Å². The molecule has 0 aliphatic heterocycles. The molecule has 0 unspecified atom stereocenters. The third-order valence-electron chi connectivity index (χ3n) is 22.1. The van der Waals surface area contributed by atoms with Crippen LogP contribution >= 0.6 is 0 Å². The molecule has 0 saturated heterocycles. The van der Waals surface area contributed by atoms with Gasteiger partial charge in [-0.05, 0) is 240 Å². The zero-order chi connectivity index (χ0) is 78.0. The molecule has 5 heteroatoms. The molecule has 0 aliphatic rings. The van der Waals surface area contributed by atoms with Crippen molar-refractivity contribution in [3.05, 3.63) is 294 Å². The van der Waals surface area contributed by atoms with E-state index in [-0.39, 0.29) is 43.3 Å². The number of fused-ring (bicyclic) bond motifs is 4. The molecule has 0 N–H and O–H groups in total. The van der Waals surface area contributed by atoms with Gasteiger partial charge in [-0.25, -0.2) is 4.98 Å².